The molecule has 2 aromatic rings. The van der Waals surface area contributed by atoms with Crippen molar-refractivity contribution in [2.24, 2.45) is 0 Å². The Kier molecular flexibility index (Phi) is 6.75. The van der Waals surface area contributed by atoms with Crippen molar-refractivity contribution >= 4 is 17.5 Å². The highest BCUT2D eigenvalue weighted by Crippen LogP contribution is 2.33. The number of nitrogens with zero attached hydrogens (tertiary/aromatic N) is 2. The summed E-state index contributed by atoms with van der Waals surface area (Å²) in [5.74, 6) is 0.671. The third-order valence-corrected chi connectivity index (χ3v) is 5.17. The van der Waals surface area contributed by atoms with Crippen LogP contribution in [0.15, 0.2) is 54.6 Å². The van der Waals surface area contributed by atoms with Crippen molar-refractivity contribution in [2.75, 3.05) is 31.6 Å². The number of fused-ring (bicyclic) bond motifs is 1. The van der Waals surface area contributed by atoms with Crippen LogP contribution in [0, 0.1) is 0 Å². The topological polar surface area (TPSA) is 61.9 Å². The quantitative estimate of drug-likeness (QED) is 0.783. The Labute approximate surface area is 172 Å². The van der Waals surface area contributed by atoms with Gasteiger partial charge in [-0.1, -0.05) is 42.5 Å². The molecule has 3 rings (SSSR count). The molecule has 0 fully saturated rings. The maximum Gasteiger partial charge on any atom is 0.224 e. The van der Waals surface area contributed by atoms with Gasteiger partial charge in [-0.05, 0) is 24.6 Å². The molecule has 0 bridgehead atoms. The van der Waals surface area contributed by atoms with Gasteiger partial charge in [0.15, 0.2) is 0 Å². The lowest BCUT2D eigenvalue weighted by Crippen LogP contribution is -2.47. The van der Waals surface area contributed by atoms with E-state index in [0.29, 0.717) is 6.54 Å². The Morgan fingerprint density at radius 1 is 1.17 bits per heavy atom. The zero-order valence-corrected chi connectivity index (χ0v) is 17.3. The zero-order chi connectivity index (χ0) is 20.8. The smallest absolute Gasteiger partial charge is 0.224 e. The number of para-hydroxylation sites is 2. The Hall–Kier alpha value is -3.02. The molecule has 2 aromatic carbocycles. The second kappa shape index (κ2) is 9.45. The number of hydrogen-bond acceptors (Lipinski definition) is 4. The molecule has 0 saturated carbocycles. The van der Waals surface area contributed by atoms with Crippen LogP contribution >= 0.6 is 0 Å². The monoisotopic (exact) mass is 395 g/mol. The van der Waals surface area contributed by atoms with Crippen molar-refractivity contribution in [1.82, 2.24) is 10.2 Å². The molecule has 0 radical (unpaired) electrons. The van der Waals surface area contributed by atoms with E-state index in [9.17, 15) is 9.59 Å². The lowest BCUT2D eigenvalue weighted by Gasteiger charge is -2.37. The minimum absolute atomic E-state index is 0.0295. The molecule has 6 nitrogen and oxygen atoms in total. The molecule has 1 heterocycles. The summed E-state index contributed by atoms with van der Waals surface area (Å²) in [7, 11) is 1.79. The maximum atomic E-state index is 12.9. The molecule has 1 aliphatic heterocycles. The van der Waals surface area contributed by atoms with E-state index in [-0.39, 0.29) is 30.4 Å². The van der Waals surface area contributed by atoms with E-state index in [1.165, 1.54) is 6.92 Å². The normalized spacial score (nSPS) is 16.4. The lowest BCUT2D eigenvalue weighted by atomic mass is 10.0. The molecule has 2 amide bonds. The van der Waals surface area contributed by atoms with Crippen molar-refractivity contribution in [2.45, 2.75) is 32.4 Å². The molecule has 2 atom stereocenters. The number of benzene rings is 2. The highest BCUT2D eigenvalue weighted by Gasteiger charge is 2.27. The summed E-state index contributed by atoms with van der Waals surface area (Å²) in [4.78, 5) is 28.5. The van der Waals surface area contributed by atoms with Gasteiger partial charge in [-0.15, -0.1) is 0 Å². The Morgan fingerprint density at radius 2 is 1.86 bits per heavy atom. The number of nitrogens with one attached hydrogen (secondary N) is 1. The number of carbonyl (C=O) groups is 2. The Morgan fingerprint density at radius 3 is 2.55 bits per heavy atom. The largest absolute Gasteiger partial charge is 0.485 e. The first-order valence-corrected chi connectivity index (χ1v) is 10.0. The number of ether oxygens (including phenoxy) is 1. The summed E-state index contributed by atoms with van der Waals surface area (Å²) in [6, 6.07) is 17.2. The summed E-state index contributed by atoms with van der Waals surface area (Å²) in [6.07, 6.45) is 0.107. The summed E-state index contributed by atoms with van der Waals surface area (Å²) < 4.78 is 6.13. The Bertz CT molecular complexity index is 840. The van der Waals surface area contributed by atoms with Gasteiger partial charge in [-0.25, -0.2) is 0 Å². The SMILES string of the molecule is CCN1C[C@H](CN(C)C(=O)C[C@H](NC(C)=O)c2ccccc2)Oc2ccccc21. The van der Waals surface area contributed by atoms with Crippen molar-refractivity contribution in [3.05, 3.63) is 60.2 Å². The van der Waals surface area contributed by atoms with Crippen molar-refractivity contribution in [3.63, 3.8) is 0 Å². The predicted octanol–water partition coefficient (Wildman–Crippen LogP) is 3.00. The molecule has 0 aliphatic carbocycles. The highest BCUT2D eigenvalue weighted by atomic mass is 16.5. The van der Waals surface area contributed by atoms with Crippen LogP contribution in [0.25, 0.3) is 0 Å². The third-order valence-electron chi connectivity index (χ3n) is 5.17. The summed E-state index contributed by atoms with van der Waals surface area (Å²) in [6.45, 7) is 5.69. The molecule has 0 spiro atoms. The summed E-state index contributed by atoms with van der Waals surface area (Å²) in [5, 5.41) is 2.89. The standard InChI is InChI=1S/C23H29N3O3/c1-4-26-16-19(29-22-13-9-8-12-21(22)26)15-25(3)23(28)14-20(24-17(2)27)18-10-6-5-7-11-18/h5-13,19-20H,4,14-16H2,1-3H3,(H,24,27)/t19-,20-/m0/s1. The number of amides is 2. The zero-order valence-electron chi connectivity index (χ0n) is 17.3. The molecule has 154 valence electrons. The first-order chi connectivity index (χ1) is 14.0. The van der Waals surface area contributed by atoms with Gasteiger partial charge in [0.05, 0.1) is 31.2 Å². The van der Waals surface area contributed by atoms with E-state index in [2.05, 4.69) is 23.2 Å². The van der Waals surface area contributed by atoms with Crippen molar-refractivity contribution in [3.8, 4) is 5.75 Å². The average Bonchev–Trinajstić information content (AvgIpc) is 2.72. The van der Waals surface area contributed by atoms with Crippen LogP contribution in [0.5, 0.6) is 5.75 Å². The van der Waals surface area contributed by atoms with Crippen LogP contribution in [-0.2, 0) is 9.59 Å². The van der Waals surface area contributed by atoms with Crippen molar-refractivity contribution < 1.29 is 14.3 Å². The van der Waals surface area contributed by atoms with Crippen LogP contribution in [0.1, 0.15) is 31.9 Å². The highest BCUT2D eigenvalue weighted by molar-refractivity contribution is 5.79. The lowest BCUT2D eigenvalue weighted by molar-refractivity contribution is -0.131. The number of likely N-dealkylation sites (N-methyl/N-ethyl adjacent to an activating group) is 2. The molecule has 29 heavy (non-hydrogen) atoms. The minimum atomic E-state index is -0.344. The fourth-order valence-electron chi connectivity index (χ4n) is 3.69. The number of hydrogen-bond donors (Lipinski definition) is 1. The van der Waals surface area contributed by atoms with Gasteiger partial charge in [0, 0.05) is 20.5 Å². The first kappa shape index (κ1) is 20.7. The van der Waals surface area contributed by atoms with Gasteiger partial charge >= 0.3 is 0 Å². The fraction of sp³-hybridized carbons (Fsp3) is 0.391. The summed E-state index contributed by atoms with van der Waals surface area (Å²) in [5.41, 5.74) is 2.01. The minimum Gasteiger partial charge on any atom is -0.485 e. The van der Waals surface area contributed by atoms with Crippen LogP contribution < -0.4 is 15.0 Å². The molecule has 1 N–H and O–H groups in total. The van der Waals surface area contributed by atoms with E-state index in [0.717, 1.165) is 30.1 Å². The first-order valence-electron chi connectivity index (χ1n) is 10.0. The average molecular weight is 396 g/mol. The molecule has 0 aromatic heterocycles. The molecule has 0 unspecified atom stereocenters. The van der Waals surface area contributed by atoms with Gasteiger partial charge in [0.2, 0.25) is 11.8 Å². The van der Waals surface area contributed by atoms with E-state index >= 15 is 0 Å². The number of rotatable bonds is 7. The molecular weight excluding hydrogens is 366 g/mol. The molecule has 1 aliphatic rings. The van der Waals surface area contributed by atoms with Gasteiger partial charge in [0.1, 0.15) is 11.9 Å². The number of carbonyl (C=O) groups excluding carboxylic acids is 2. The van der Waals surface area contributed by atoms with Crippen LogP contribution in [0.3, 0.4) is 0 Å². The second-order valence-electron chi connectivity index (χ2n) is 7.39. The maximum absolute atomic E-state index is 12.9. The van der Waals surface area contributed by atoms with Gasteiger partial charge < -0.3 is 19.9 Å². The molecule has 0 saturated heterocycles. The molecular formula is C23H29N3O3. The van der Waals surface area contributed by atoms with Gasteiger partial charge in [0.25, 0.3) is 0 Å². The summed E-state index contributed by atoms with van der Waals surface area (Å²) >= 11 is 0. The van der Waals surface area contributed by atoms with E-state index in [1.54, 1.807) is 11.9 Å². The molecule has 6 heteroatoms. The predicted molar refractivity (Wildman–Crippen MR) is 114 cm³/mol. The van der Waals surface area contributed by atoms with Crippen LogP contribution in [-0.4, -0.2) is 49.5 Å². The van der Waals surface area contributed by atoms with E-state index < -0.39 is 0 Å². The Balaban J connectivity index is 1.64. The van der Waals surface area contributed by atoms with Crippen molar-refractivity contribution in [1.29, 1.82) is 0 Å². The third kappa shape index (κ3) is 5.28. The second-order valence-corrected chi connectivity index (χ2v) is 7.39. The fourth-order valence-corrected chi connectivity index (χ4v) is 3.69. The van der Waals surface area contributed by atoms with Gasteiger partial charge in [-0.3, -0.25) is 9.59 Å². The van der Waals surface area contributed by atoms with Gasteiger partial charge in [-0.2, -0.15) is 0 Å². The van der Waals surface area contributed by atoms with E-state index in [4.69, 9.17) is 4.74 Å². The van der Waals surface area contributed by atoms with Crippen LogP contribution in [0.2, 0.25) is 0 Å². The number of anilines is 1. The van der Waals surface area contributed by atoms with Crippen LogP contribution in [0.4, 0.5) is 5.69 Å². The van der Waals surface area contributed by atoms with E-state index in [1.807, 2.05) is 48.5 Å².